The van der Waals surface area contributed by atoms with Gasteiger partial charge < -0.3 is 29.9 Å². The van der Waals surface area contributed by atoms with Crippen LogP contribution in [0.25, 0.3) is 0 Å². The first-order chi connectivity index (χ1) is 20.0. The summed E-state index contributed by atoms with van der Waals surface area (Å²) in [6.45, 7) is 9.67. The first kappa shape index (κ1) is 32.1. The topological polar surface area (TPSA) is 108 Å². The zero-order valence-corrected chi connectivity index (χ0v) is 27.7. The third-order valence-electron chi connectivity index (χ3n) is 12.0. The van der Waals surface area contributed by atoms with E-state index in [2.05, 4.69) is 30.2 Å². The molecule has 1 saturated heterocycles. The van der Waals surface area contributed by atoms with Crippen LogP contribution < -0.4 is 5.32 Å². The number of amides is 2. The molecule has 9 heteroatoms. The van der Waals surface area contributed by atoms with Crippen molar-refractivity contribution < 1.29 is 29.3 Å². The molecule has 1 spiro atoms. The third kappa shape index (κ3) is 5.77. The lowest BCUT2D eigenvalue weighted by Crippen LogP contribution is -2.51. The molecule has 238 valence electrons. The minimum absolute atomic E-state index is 0.0839. The van der Waals surface area contributed by atoms with Crippen LogP contribution in [0.1, 0.15) is 97.3 Å². The number of allylic oxidation sites excluding steroid dienone is 1. The van der Waals surface area contributed by atoms with E-state index in [9.17, 15) is 19.8 Å². The van der Waals surface area contributed by atoms with E-state index in [1.54, 1.807) is 0 Å². The van der Waals surface area contributed by atoms with Crippen LogP contribution in [-0.4, -0.2) is 85.2 Å². The SMILES string of the molecule is COC1CCC([Si](C)(C)[C@@H]2[C@@H](CCO)O[C@]3(C(=O)N(CC4CCC(NC(=O)[C@H](C)O)CC4)C4=C3CCCC4)[C@H]2C)CC1. The number of rotatable bonds is 9. The largest absolute Gasteiger partial charge is 0.396 e. The standard InChI is InChI=1S/C33H56N2O6Si/c1-21-30(42(4,5)26-16-14-25(40-3)15-17-26)29(18-19-36)41-33(21)27-8-6-7-9-28(27)35(32(33)39)20-23-10-12-24(13-11-23)34-31(38)22(2)37/h21-26,29-30,36-37H,6-20H2,1-5H3,(H,34,38)/t21-,22-,23?,24?,25?,26?,29+,30-,33+/m0/s1. The van der Waals surface area contributed by atoms with E-state index < -0.39 is 19.8 Å². The van der Waals surface area contributed by atoms with E-state index in [-0.39, 0.29) is 36.5 Å². The molecule has 42 heavy (non-hydrogen) atoms. The van der Waals surface area contributed by atoms with Crippen LogP contribution in [0.3, 0.4) is 0 Å². The van der Waals surface area contributed by atoms with Crippen molar-refractivity contribution in [2.45, 2.75) is 151 Å². The van der Waals surface area contributed by atoms with Crippen LogP contribution in [0.2, 0.25) is 24.2 Å². The van der Waals surface area contributed by atoms with Crippen molar-refractivity contribution in [1.82, 2.24) is 10.2 Å². The van der Waals surface area contributed by atoms with Gasteiger partial charge >= 0.3 is 0 Å². The van der Waals surface area contributed by atoms with Gasteiger partial charge in [0.05, 0.1) is 20.3 Å². The number of nitrogens with zero attached hydrogens (tertiary/aromatic N) is 1. The lowest BCUT2D eigenvalue weighted by Gasteiger charge is -2.44. The summed E-state index contributed by atoms with van der Waals surface area (Å²) in [7, 11) is -0.0571. The lowest BCUT2D eigenvalue weighted by molar-refractivity contribution is -0.150. The summed E-state index contributed by atoms with van der Waals surface area (Å²) in [5.41, 5.74) is 2.60. The Labute approximate surface area is 254 Å². The van der Waals surface area contributed by atoms with Crippen LogP contribution in [0, 0.1) is 11.8 Å². The first-order valence-corrected chi connectivity index (χ1v) is 20.0. The third-order valence-corrected chi connectivity index (χ3v) is 17.3. The summed E-state index contributed by atoms with van der Waals surface area (Å²) in [6.07, 6.45) is 12.2. The molecule has 3 aliphatic carbocycles. The second kappa shape index (κ2) is 13.0. The predicted molar refractivity (Wildman–Crippen MR) is 165 cm³/mol. The Morgan fingerprint density at radius 1 is 1.12 bits per heavy atom. The molecule has 5 rings (SSSR count). The summed E-state index contributed by atoms with van der Waals surface area (Å²) in [6, 6.07) is 0.0951. The Kier molecular flexibility index (Phi) is 9.94. The molecule has 2 aliphatic heterocycles. The van der Waals surface area contributed by atoms with Crippen LogP contribution >= 0.6 is 0 Å². The summed E-state index contributed by atoms with van der Waals surface area (Å²) < 4.78 is 12.8. The predicted octanol–water partition coefficient (Wildman–Crippen LogP) is 4.91. The molecule has 3 fully saturated rings. The minimum Gasteiger partial charge on any atom is -0.396 e. The van der Waals surface area contributed by atoms with Gasteiger partial charge in [0, 0.05) is 37.9 Å². The zero-order chi connectivity index (χ0) is 30.2. The zero-order valence-electron chi connectivity index (χ0n) is 26.7. The monoisotopic (exact) mass is 604 g/mol. The van der Waals surface area contributed by atoms with Crippen LogP contribution in [0.5, 0.6) is 0 Å². The number of hydrogen-bond donors (Lipinski definition) is 3. The van der Waals surface area contributed by atoms with Gasteiger partial charge in [-0.3, -0.25) is 9.59 Å². The van der Waals surface area contributed by atoms with Gasteiger partial charge in [-0.05, 0) is 100 Å². The number of ether oxygens (including phenoxy) is 2. The number of methoxy groups -OCH3 is 1. The van der Waals surface area contributed by atoms with Crippen molar-refractivity contribution in [3.8, 4) is 0 Å². The second-order valence-electron chi connectivity index (χ2n) is 14.7. The van der Waals surface area contributed by atoms with E-state index in [1.807, 2.05) is 7.11 Å². The molecule has 3 N–H and O–H groups in total. The van der Waals surface area contributed by atoms with Crippen molar-refractivity contribution in [1.29, 1.82) is 0 Å². The molecule has 5 aliphatic rings. The Morgan fingerprint density at radius 2 is 1.79 bits per heavy atom. The molecule has 2 saturated carbocycles. The van der Waals surface area contributed by atoms with Gasteiger partial charge in [-0.2, -0.15) is 0 Å². The van der Waals surface area contributed by atoms with Crippen molar-refractivity contribution in [2.75, 3.05) is 20.3 Å². The maximum absolute atomic E-state index is 14.8. The van der Waals surface area contributed by atoms with Gasteiger partial charge in [-0.1, -0.05) is 32.9 Å². The molecule has 0 aromatic carbocycles. The van der Waals surface area contributed by atoms with Crippen LogP contribution in [0.15, 0.2) is 11.3 Å². The summed E-state index contributed by atoms with van der Waals surface area (Å²) in [5, 5.41) is 22.7. The van der Waals surface area contributed by atoms with Gasteiger partial charge in [-0.25, -0.2) is 0 Å². The number of aliphatic hydroxyl groups excluding tert-OH is 2. The van der Waals surface area contributed by atoms with Crippen LogP contribution in [0.4, 0.5) is 0 Å². The number of carbonyl (C=O) groups excluding carboxylic acids is 2. The van der Waals surface area contributed by atoms with E-state index in [1.165, 1.54) is 31.0 Å². The number of aliphatic hydroxyl groups is 2. The molecule has 0 aromatic heterocycles. The fraction of sp³-hybridized carbons (Fsp3) is 0.879. The molecular formula is C33H56N2O6Si. The molecule has 0 bridgehead atoms. The molecule has 2 amide bonds. The molecule has 0 aromatic rings. The smallest absolute Gasteiger partial charge is 0.263 e. The van der Waals surface area contributed by atoms with Gasteiger partial charge in [0.1, 0.15) is 6.10 Å². The average molecular weight is 605 g/mol. The Bertz CT molecular complexity index is 1020. The van der Waals surface area contributed by atoms with Gasteiger partial charge in [0.25, 0.3) is 5.91 Å². The molecule has 2 heterocycles. The van der Waals surface area contributed by atoms with Gasteiger partial charge in [0.15, 0.2) is 5.60 Å². The average Bonchev–Trinajstić information content (AvgIpc) is 3.41. The maximum atomic E-state index is 14.8. The molecule has 0 radical (unpaired) electrons. The van der Waals surface area contributed by atoms with Crippen molar-refractivity contribution >= 4 is 19.9 Å². The summed E-state index contributed by atoms with van der Waals surface area (Å²) >= 11 is 0. The van der Waals surface area contributed by atoms with Gasteiger partial charge in [-0.15, -0.1) is 0 Å². The molecular weight excluding hydrogens is 548 g/mol. The summed E-state index contributed by atoms with van der Waals surface area (Å²) in [5.74, 6) is 0.347. The fourth-order valence-electron chi connectivity index (χ4n) is 9.69. The first-order valence-electron chi connectivity index (χ1n) is 16.9. The van der Waals surface area contributed by atoms with Crippen molar-refractivity contribution in [2.24, 2.45) is 11.8 Å². The number of hydrogen-bond acceptors (Lipinski definition) is 6. The quantitative estimate of drug-likeness (QED) is 0.323. The highest BCUT2D eigenvalue weighted by atomic mass is 28.3. The Balaban J connectivity index is 1.36. The minimum atomic E-state index is -1.89. The highest BCUT2D eigenvalue weighted by Gasteiger charge is 2.67. The van der Waals surface area contributed by atoms with Gasteiger partial charge in [0.2, 0.25) is 5.91 Å². The second-order valence-corrected chi connectivity index (χ2v) is 19.8. The highest BCUT2D eigenvalue weighted by Crippen LogP contribution is 2.61. The molecule has 0 unspecified atom stereocenters. The lowest BCUT2D eigenvalue weighted by atomic mass is 9.78. The summed E-state index contributed by atoms with van der Waals surface area (Å²) in [4.78, 5) is 28.9. The maximum Gasteiger partial charge on any atom is 0.263 e. The number of nitrogens with one attached hydrogen (secondary N) is 1. The van der Waals surface area contributed by atoms with Crippen molar-refractivity contribution in [3.63, 3.8) is 0 Å². The molecule has 5 atom stereocenters. The van der Waals surface area contributed by atoms with E-state index in [4.69, 9.17) is 9.47 Å². The number of carbonyl (C=O) groups is 2. The normalized spacial score (nSPS) is 38.2. The van der Waals surface area contributed by atoms with E-state index >= 15 is 0 Å². The fourth-order valence-corrected chi connectivity index (χ4v) is 14.8. The van der Waals surface area contributed by atoms with E-state index in [0.717, 1.165) is 70.8 Å². The van der Waals surface area contributed by atoms with E-state index in [0.29, 0.717) is 29.5 Å². The van der Waals surface area contributed by atoms with Crippen LogP contribution in [-0.2, 0) is 19.1 Å². The molecule has 8 nitrogen and oxygen atoms in total. The number of fused-ring (bicyclic) bond motifs is 1. The highest BCUT2D eigenvalue weighted by molar-refractivity contribution is 6.80. The Hall–Kier alpha value is -1.26. The van der Waals surface area contributed by atoms with Crippen molar-refractivity contribution in [3.05, 3.63) is 11.3 Å². The Morgan fingerprint density at radius 3 is 2.40 bits per heavy atom.